The third kappa shape index (κ3) is 22.9. The minimum atomic E-state index is -1.67. The Hall–Kier alpha value is 0.667. The van der Waals surface area contributed by atoms with E-state index in [1.54, 1.807) is 0 Å². The topological polar surface area (TPSA) is 64.6 Å². The summed E-state index contributed by atoms with van der Waals surface area (Å²) in [6.07, 6.45) is 5.02. The van der Waals surface area contributed by atoms with Crippen molar-refractivity contribution in [2.45, 2.75) is 64.6 Å². The van der Waals surface area contributed by atoms with Crippen molar-refractivity contribution in [1.29, 1.82) is 0 Å². The van der Waals surface area contributed by atoms with Crippen molar-refractivity contribution >= 4 is 30.9 Å². The van der Waals surface area contributed by atoms with Gasteiger partial charge in [-0.1, -0.05) is 56.2 Å². The minimum Gasteiger partial charge on any atom is -0.414 e. The molecule has 0 aliphatic rings. The van der Waals surface area contributed by atoms with E-state index in [0.29, 0.717) is 79.3 Å². The van der Waals surface area contributed by atoms with Crippen molar-refractivity contribution in [2.75, 3.05) is 90.3 Å². The lowest BCUT2D eigenvalue weighted by molar-refractivity contribution is -0.0180. The van der Waals surface area contributed by atoms with Crippen molar-refractivity contribution in [1.82, 2.24) is 0 Å². The minimum absolute atomic E-state index is 0.233. The summed E-state index contributed by atoms with van der Waals surface area (Å²) >= 11 is 2.42. The average Bonchev–Trinajstić information content (AvgIpc) is 2.76. The Morgan fingerprint density at radius 2 is 0.818 bits per heavy atom. The number of rotatable bonds is 25. The molecule has 200 valence electrons. The van der Waals surface area contributed by atoms with Crippen LogP contribution in [0.1, 0.15) is 46.5 Å². The summed E-state index contributed by atoms with van der Waals surface area (Å²) in [5.41, 5.74) is 0. The summed E-state index contributed by atoms with van der Waals surface area (Å²) in [6, 6.07) is 0. The molecule has 0 fully saturated rings. The van der Waals surface area contributed by atoms with E-state index in [-0.39, 0.29) is 5.04 Å². The number of hydrogen-bond acceptors (Lipinski definition) is 7. The second-order valence-corrected chi connectivity index (χ2v) is 15.3. The molecule has 7 nitrogen and oxygen atoms in total. The maximum atomic E-state index is 6.07. The van der Waals surface area contributed by atoms with Gasteiger partial charge in [0.2, 0.25) is 0 Å². The first-order valence-electron chi connectivity index (χ1n) is 12.5. The van der Waals surface area contributed by atoms with Gasteiger partial charge < -0.3 is 32.8 Å². The van der Waals surface area contributed by atoms with Crippen molar-refractivity contribution in [3.05, 3.63) is 0 Å². The SMILES string of the molecule is CC(C)(C)[Si](C)(C)OCCOCCOCCOCCOCCOCCOCCCCCCI. The quantitative estimate of drug-likeness (QED) is 0.0620. The van der Waals surface area contributed by atoms with Crippen LogP contribution in [0.2, 0.25) is 18.1 Å². The molecule has 0 N–H and O–H groups in total. The Bertz CT molecular complexity index is 409. The van der Waals surface area contributed by atoms with Gasteiger partial charge in [-0.15, -0.1) is 0 Å². The number of hydrogen-bond donors (Lipinski definition) is 0. The molecular formula is C24H51IO7Si. The molecule has 0 aromatic rings. The van der Waals surface area contributed by atoms with Gasteiger partial charge in [-0.3, -0.25) is 0 Å². The second kappa shape index (κ2) is 23.1. The Morgan fingerprint density at radius 3 is 1.18 bits per heavy atom. The van der Waals surface area contributed by atoms with Crippen LogP contribution in [0.15, 0.2) is 0 Å². The highest BCUT2D eigenvalue weighted by Gasteiger charge is 2.36. The van der Waals surface area contributed by atoms with Crippen LogP contribution in [-0.2, 0) is 32.8 Å². The fourth-order valence-electron chi connectivity index (χ4n) is 2.43. The zero-order valence-corrected chi connectivity index (χ0v) is 25.1. The van der Waals surface area contributed by atoms with E-state index in [1.807, 2.05) is 0 Å². The van der Waals surface area contributed by atoms with E-state index < -0.39 is 8.32 Å². The lowest BCUT2D eigenvalue weighted by Crippen LogP contribution is -2.41. The Balaban J connectivity index is 3.15. The van der Waals surface area contributed by atoms with Crippen LogP contribution in [0.3, 0.4) is 0 Å². The van der Waals surface area contributed by atoms with E-state index >= 15 is 0 Å². The van der Waals surface area contributed by atoms with Gasteiger partial charge in [0.05, 0.1) is 79.3 Å². The van der Waals surface area contributed by atoms with Gasteiger partial charge in [0.1, 0.15) is 0 Å². The van der Waals surface area contributed by atoms with Crippen LogP contribution in [0.25, 0.3) is 0 Å². The van der Waals surface area contributed by atoms with E-state index in [0.717, 1.165) is 13.0 Å². The number of halogens is 1. The largest absolute Gasteiger partial charge is 0.414 e. The summed E-state index contributed by atoms with van der Waals surface area (Å²) < 4.78 is 40.4. The van der Waals surface area contributed by atoms with Crippen LogP contribution in [0.4, 0.5) is 0 Å². The van der Waals surface area contributed by atoms with Crippen LogP contribution >= 0.6 is 22.6 Å². The number of ether oxygens (including phenoxy) is 6. The summed E-state index contributed by atoms with van der Waals surface area (Å²) in [5, 5.41) is 0.233. The molecule has 0 bridgehead atoms. The van der Waals surface area contributed by atoms with Crippen LogP contribution in [-0.4, -0.2) is 98.6 Å². The van der Waals surface area contributed by atoms with Crippen molar-refractivity contribution < 1.29 is 32.8 Å². The van der Waals surface area contributed by atoms with Gasteiger partial charge in [0.15, 0.2) is 8.32 Å². The van der Waals surface area contributed by atoms with Gasteiger partial charge in [-0.25, -0.2) is 0 Å². The van der Waals surface area contributed by atoms with Gasteiger partial charge in [-0.2, -0.15) is 0 Å². The van der Waals surface area contributed by atoms with Crippen LogP contribution in [0.5, 0.6) is 0 Å². The van der Waals surface area contributed by atoms with E-state index in [4.69, 9.17) is 32.8 Å². The summed E-state index contributed by atoms with van der Waals surface area (Å²) in [5.74, 6) is 0. The third-order valence-electron chi connectivity index (χ3n) is 5.53. The molecule has 0 unspecified atom stereocenters. The summed E-state index contributed by atoms with van der Waals surface area (Å²) in [7, 11) is -1.67. The fraction of sp³-hybridized carbons (Fsp3) is 1.00. The smallest absolute Gasteiger partial charge is 0.192 e. The number of alkyl halides is 1. The van der Waals surface area contributed by atoms with Gasteiger partial charge in [0.25, 0.3) is 0 Å². The maximum Gasteiger partial charge on any atom is 0.192 e. The molecule has 33 heavy (non-hydrogen) atoms. The molecular weight excluding hydrogens is 555 g/mol. The van der Waals surface area contributed by atoms with E-state index in [1.165, 1.54) is 23.7 Å². The Morgan fingerprint density at radius 1 is 0.485 bits per heavy atom. The molecule has 0 aliphatic heterocycles. The normalized spacial score (nSPS) is 12.5. The molecule has 0 saturated carbocycles. The molecule has 0 rings (SSSR count). The maximum absolute atomic E-state index is 6.07. The zero-order chi connectivity index (χ0) is 24.7. The standard InChI is InChI=1S/C24H51IO7Si/c1-24(2,3)33(4,5)32-23-22-31-21-20-30-19-18-29-17-16-28-15-14-27-13-12-26-11-9-7-6-8-10-25/h6-23H2,1-5H3. The summed E-state index contributed by atoms with van der Waals surface area (Å²) in [6.45, 7) is 19.2. The molecule has 0 radical (unpaired) electrons. The first kappa shape index (κ1) is 33.7. The third-order valence-corrected chi connectivity index (χ3v) is 10.8. The summed E-state index contributed by atoms with van der Waals surface area (Å²) in [4.78, 5) is 0. The first-order chi connectivity index (χ1) is 15.8. The molecule has 9 heteroatoms. The predicted octanol–water partition coefficient (Wildman–Crippen LogP) is 5.10. The fourth-order valence-corrected chi connectivity index (χ4v) is 3.99. The molecule has 0 aromatic carbocycles. The van der Waals surface area contributed by atoms with Crippen molar-refractivity contribution in [3.63, 3.8) is 0 Å². The van der Waals surface area contributed by atoms with Crippen LogP contribution in [0, 0.1) is 0 Å². The van der Waals surface area contributed by atoms with Gasteiger partial charge >= 0.3 is 0 Å². The zero-order valence-electron chi connectivity index (χ0n) is 22.0. The van der Waals surface area contributed by atoms with Crippen molar-refractivity contribution in [2.24, 2.45) is 0 Å². The lowest BCUT2D eigenvalue weighted by Gasteiger charge is -2.36. The molecule has 0 atom stereocenters. The number of unbranched alkanes of at least 4 members (excludes halogenated alkanes) is 3. The monoisotopic (exact) mass is 606 g/mol. The highest BCUT2D eigenvalue weighted by molar-refractivity contribution is 14.1. The van der Waals surface area contributed by atoms with Crippen molar-refractivity contribution in [3.8, 4) is 0 Å². The average molecular weight is 607 g/mol. The Labute approximate surface area is 218 Å². The van der Waals surface area contributed by atoms with Gasteiger partial charge in [0, 0.05) is 6.61 Å². The molecule has 0 aromatic heterocycles. The molecule has 0 aliphatic carbocycles. The van der Waals surface area contributed by atoms with Gasteiger partial charge in [-0.05, 0) is 35.4 Å². The highest BCUT2D eigenvalue weighted by atomic mass is 127. The highest BCUT2D eigenvalue weighted by Crippen LogP contribution is 2.36. The Kier molecular flexibility index (Phi) is 23.6. The van der Waals surface area contributed by atoms with E-state index in [9.17, 15) is 0 Å². The predicted molar refractivity (Wildman–Crippen MR) is 145 cm³/mol. The molecule has 0 saturated heterocycles. The molecule has 0 spiro atoms. The molecule has 0 amide bonds. The van der Waals surface area contributed by atoms with Crippen LogP contribution < -0.4 is 0 Å². The second-order valence-electron chi connectivity index (χ2n) is 9.39. The van der Waals surface area contributed by atoms with E-state index in [2.05, 4.69) is 56.5 Å². The molecule has 0 heterocycles. The first-order valence-corrected chi connectivity index (χ1v) is 16.9. The lowest BCUT2D eigenvalue weighted by atomic mass is 10.2.